The van der Waals surface area contributed by atoms with Gasteiger partial charge in [-0.15, -0.1) is 11.3 Å². The number of nitrogens with one attached hydrogen (secondary N) is 1. The predicted molar refractivity (Wildman–Crippen MR) is 118 cm³/mol. The Morgan fingerprint density at radius 3 is 2.77 bits per heavy atom. The summed E-state index contributed by atoms with van der Waals surface area (Å²) in [6.07, 6.45) is 3.73. The maximum atomic E-state index is 9.35. The molecule has 1 aliphatic rings. The van der Waals surface area contributed by atoms with Crippen LogP contribution in [-0.4, -0.2) is 45.1 Å². The molecule has 9 heteroatoms. The van der Waals surface area contributed by atoms with E-state index >= 15 is 0 Å². The van der Waals surface area contributed by atoms with Crippen LogP contribution in [0.1, 0.15) is 35.7 Å². The third kappa shape index (κ3) is 5.04. The van der Waals surface area contributed by atoms with Crippen LogP contribution in [0.2, 0.25) is 0 Å². The van der Waals surface area contributed by atoms with Gasteiger partial charge in [-0.3, -0.25) is 4.90 Å². The highest BCUT2D eigenvalue weighted by atomic mass is 32.1. The monoisotopic (exact) mass is 419 g/mol. The molecule has 0 amide bonds. The van der Waals surface area contributed by atoms with Crippen molar-refractivity contribution in [3.8, 4) is 6.07 Å². The van der Waals surface area contributed by atoms with Crippen LogP contribution in [-0.2, 0) is 6.54 Å². The smallest absolute Gasteiger partial charge is 0.423 e. The molecule has 152 valence electrons. The molecule has 7 nitrogen and oxygen atoms in total. The van der Waals surface area contributed by atoms with Crippen LogP contribution in [0.15, 0.2) is 48.0 Å². The first-order valence-electron chi connectivity index (χ1n) is 9.86. The van der Waals surface area contributed by atoms with Crippen molar-refractivity contribution in [3.05, 3.63) is 64.9 Å². The maximum Gasteiger partial charge on any atom is 0.488 e. The van der Waals surface area contributed by atoms with E-state index in [-0.39, 0.29) is 0 Å². The van der Waals surface area contributed by atoms with E-state index in [4.69, 9.17) is 10.2 Å². The number of hydrogen-bond acceptors (Lipinski definition) is 8. The zero-order valence-corrected chi connectivity index (χ0v) is 17.2. The predicted octanol–water partition coefficient (Wildman–Crippen LogP) is 2.21. The van der Waals surface area contributed by atoms with E-state index in [1.54, 1.807) is 29.7 Å². The maximum absolute atomic E-state index is 9.35. The molecule has 3 aromatic rings. The standard InChI is InChI=1S/C21H22BN5O2S/c23-11-18-4-5-19(12-24-18)25-21-26-20(14-30-21)16-6-8-27(9-7-16)13-15-2-1-3-17(10-15)22(28)29/h1-5,10,12,14,16,28-29H,6-9,13H2,(H,25,26). The minimum absolute atomic E-state index is 0.395. The van der Waals surface area contributed by atoms with Gasteiger partial charge < -0.3 is 15.4 Å². The average molecular weight is 419 g/mol. The van der Waals surface area contributed by atoms with E-state index in [0.29, 0.717) is 17.1 Å². The lowest BCUT2D eigenvalue weighted by molar-refractivity contribution is 0.203. The number of aromatic nitrogens is 2. The summed E-state index contributed by atoms with van der Waals surface area (Å²) < 4.78 is 0. The summed E-state index contributed by atoms with van der Waals surface area (Å²) in [6.45, 7) is 2.77. The number of nitriles is 1. The number of piperidine rings is 1. The average Bonchev–Trinajstić information content (AvgIpc) is 3.23. The molecule has 0 aliphatic carbocycles. The van der Waals surface area contributed by atoms with E-state index in [1.165, 1.54) is 0 Å². The zero-order valence-electron chi connectivity index (χ0n) is 16.4. The third-order valence-electron chi connectivity index (χ3n) is 5.31. The van der Waals surface area contributed by atoms with Gasteiger partial charge in [-0.05, 0) is 49.1 Å². The van der Waals surface area contributed by atoms with Crippen molar-refractivity contribution in [2.75, 3.05) is 18.4 Å². The quantitative estimate of drug-likeness (QED) is 0.526. The molecule has 1 aliphatic heterocycles. The van der Waals surface area contributed by atoms with Crippen molar-refractivity contribution in [2.24, 2.45) is 0 Å². The first-order chi connectivity index (χ1) is 14.6. The van der Waals surface area contributed by atoms with Crippen LogP contribution in [0.25, 0.3) is 0 Å². The van der Waals surface area contributed by atoms with Crippen LogP contribution in [0, 0.1) is 11.3 Å². The van der Waals surface area contributed by atoms with E-state index in [9.17, 15) is 10.0 Å². The normalized spacial score (nSPS) is 15.0. The minimum Gasteiger partial charge on any atom is -0.423 e. The van der Waals surface area contributed by atoms with Gasteiger partial charge >= 0.3 is 7.12 Å². The van der Waals surface area contributed by atoms with Crippen molar-refractivity contribution in [1.29, 1.82) is 5.26 Å². The van der Waals surface area contributed by atoms with Crippen LogP contribution in [0.4, 0.5) is 10.8 Å². The van der Waals surface area contributed by atoms with Crippen LogP contribution >= 0.6 is 11.3 Å². The molecular formula is C21H22BN5O2S. The summed E-state index contributed by atoms with van der Waals surface area (Å²) in [5, 5.41) is 33.7. The Morgan fingerprint density at radius 2 is 2.07 bits per heavy atom. The lowest BCUT2D eigenvalue weighted by Crippen LogP contribution is -2.34. The highest BCUT2D eigenvalue weighted by Crippen LogP contribution is 2.31. The number of pyridine rings is 1. The van der Waals surface area contributed by atoms with E-state index in [0.717, 1.165) is 54.6 Å². The Bertz CT molecular complexity index is 1030. The summed E-state index contributed by atoms with van der Waals surface area (Å²) >= 11 is 1.58. The molecule has 4 rings (SSSR count). The first kappa shape index (κ1) is 20.5. The minimum atomic E-state index is -1.43. The summed E-state index contributed by atoms with van der Waals surface area (Å²) in [7, 11) is -1.43. The van der Waals surface area contributed by atoms with Gasteiger partial charge in [0.05, 0.1) is 17.6 Å². The number of benzene rings is 1. The molecule has 1 aromatic carbocycles. The van der Waals surface area contributed by atoms with E-state index in [1.807, 2.05) is 30.3 Å². The van der Waals surface area contributed by atoms with Gasteiger partial charge in [-0.2, -0.15) is 5.26 Å². The van der Waals surface area contributed by atoms with Gasteiger partial charge in [0.1, 0.15) is 11.8 Å². The van der Waals surface area contributed by atoms with Gasteiger partial charge in [0.2, 0.25) is 0 Å². The molecule has 0 atom stereocenters. The van der Waals surface area contributed by atoms with Gasteiger partial charge in [0.15, 0.2) is 5.13 Å². The Hall–Kier alpha value is -2.77. The number of thiazole rings is 1. The molecule has 1 saturated heterocycles. The highest BCUT2D eigenvalue weighted by molar-refractivity contribution is 7.13. The molecule has 0 radical (unpaired) electrons. The Balaban J connectivity index is 1.31. The molecule has 30 heavy (non-hydrogen) atoms. The van der Waals surface area contributed by atoms with Gasteiger partial charge in [-0.25, -0.2) is 9.97 Å². The van der Waals surface area contributed by atoms with E-state index in [2.05, 4.69) is 20.6 Å². The first-order valence-corrected chi connectivity index (χ1v) is 10.7. The fraction of sp³-hybridized carbons (Fsp3) is 0.286. The Labute approximate surface area is 179 Å². The van der Waals surface area contributed by atoms with Crippen molar-refractivity contribution in [2.45, 2.75) is 25.3 Å². The van der Waals surface area contributed by atoms with Crippen molar-refractivity contribution in [3.63, 3.8) is 0 Å². The molecule has 0 unspecified atom stereocenters. The summed E-state index contributed by atoms with van der Waals surface area (Å²) in [5.74, 6) is 0.442. The molecule has 0 spiro atoms. The summed E-state index contributed by atoms with van der Waals surface area (Å²) in [5.41, 5.74) is 3.96. The van der Waals surface area contributed by atoms with Crippen molar-refractivity contribution < 1.29 is 10.0 Å². The molecule has 0 bridgehead atoms. The molecule has 3 heterocycles. The molecule has 3 N–H and O–H groups in total. The third-order valence-corrected chi connectivity index (χ3v) is 6.09. The highest BCUT2D eigenvalue weighted by Gasteiger charge is 2.23. The molecular weight excluding hydrogens is 397 g/mol. The number of hydrogen-bond donors (Lipinski definition) is 3. The molecule has 2 aromatic heterocycles. The second-order valence-electron chi connectivity index (χ2n) is 7.42. The largest absolute Gasteiger partial charge is 0.488 e. The van der Waals surface area contributed by atoms with E-state index < -0.39 is 7.12 Å². The fourth-order valence-corrected chi connectivity index (χ4v) is 4.50. The molecule has 0 saturated carbocycles. The number of anilines is 2. The van der Waals surface area contributed by atoms with Crippen molar-refractivity contribution in [1.82, 2.24) is 14.9 Å². The lowest BCUT2D eigenvalue weighted by atomic mass is 9.79. The summed E-state index contributed by atoms with van der Waals surface area (Å²) in [4.78, 5) is 11.2. The topological polar surface area (TPSA) is 105 Å². The lowest BCUT2D eigenvalue weighted by Gasteiger charge is -2.31. The van der Waals surface area contributed by atoms with Crippen LogP contribution in [0.3, 0.4) is 0 Å². The fourth-order valence-electron chi connectivity index (χ4n) is 3.69. The summed E-state index contributed by atoms with van der Waals surface area (Å²) in [6, 6.07) is 13.0. The second-order valence-corrected chi connectivity index (χ2v) is 8.27. The van der Waals surface area contributed by atoms with Crippen LogP contribution in [0.5, 0.6) is 0 Å². The number of likely N-dealkylation sites (tertiary alicyclic amines) is 1. The van der Waals surface area contributed by atoms with Gasteiger partial charge in [0.25, 0.3) is 0 Å². The van der Waals surface area contributed by atoms with Crippen LogP contribution < -0.4 is 10.8 Å². The Kier molecular flexibility index (Phi) is 6.40. The zero-order chi connectivity index (χ0) is 20.9. The SMILES string of the molecule is N#Cc1ccc(Nc2nc(C3CCN(Cc4cccc(B(O)O)c4)CC3)cs2)cn1. The van der Waals surface area contributed by atoms with Gasteiger partial charge in [-0.1, -0.05) is 24.3 Å². The molecule has 1 fully saturated rings. The van der Waals surface area contributed by atoms with Crippen molar-refractivity contribution >= 4 is 34.7 Å². The number of rotatable bonds is 6. The van der Waals surface area contributed by atoms with Gasteiger partial charge in [0, 0.05) is 17.8 Å². The number of nitrogens with zero attached hydrogens (tertiary/aromatic N) is 4. The Morgan fingerprint density at radius 1 is 1.23 bits per heavy atom. The second kappa shape index (κ2) is 9.37.